The second-order valence-electron chi connectivity index (χ2n) is 13.9. The molecule has 1 saturated carbocycles. The van der Waals surface area contributed by atoms with E-state index in [0.29, 0.717) is 30.1 Å². The Kier molecular flexibility index (Phi) is 12.6. The molecule has 0 aromatic heterocycles. The van der Waals surface area contributed by atoms with Crippen molar-refractivity contribution in [3.8, 4) is 11.5 Å². The Morgan fingerprint density at radius 3 is 2.63 bits per heavy atom. The highest BCUT2D eigenvalue weighted by Gasteiger charge is 2.62. The number of carboxylic acid groups (broad SMARTS) is 1. The number of carboxylic acids is 1. The van der Waals surface area contributed by atoms with E-state index in [4.69, 9.17) is 35.2 Å². The summed E-state index contributed by atoms with van der Waals surface area (Å²) in [6, 6.07) is 2.07. The number of nitrogens with two attached hydrogens (primary N) is 1. The Balaban J connectivity index is 1.35. The zero-order valence-corrected chi connectivity index (χ0v) is 31.0. The van der Waals surface area contributed by atoms with E-state index in [1.54, 1.807) is 14.0 Å². The summed E-state index contributed by atoms with van der Waals surface area (Å²) in [4.78, 5) is 66.8. The summed E-state index contributed by atoms with van der Waals surface area (Å²) < 4.78 is 23.9. The molecular weight excluding hydrogens is 702 g/mol. The first-order valence-electron chi connectivity index (χ1n) is 18.4. The van der Waals surface area contributed by atoms with Crippen LogP contribution in [0.5, 0.6) is 11.5 Å². The summed E-state index contributed by atoms with van der Waals surface area (Å²) in [6.45, 7) is 8.67. The maximum Gasteiger partial charge on any atom is 0.415 e. The molecule has 0 radical (unpaired) electrons. The lowest BCUT2D eigenvalue weighted by atomic mass is 9.63. The SMILES string of the molecule is C=C1CC[C@]23c4c(CC)ccc(OC)c4O[C@@H]2C(OC(=O)N2CCN(C(=O)OCC)CC2CNC(=O)[C@H](CCCNC(=N)N)NC(=O)CC(=O)O)=CCC13. The van der Waals surface area contributed by atoms with Gasteiger partial charge >= 0.3 is 18.2 Å². The number of nitrogens with one attached hydrogen (secondary N) is 4. The maximum absolute atomic E-state index is 14.2. The molecule has 1 spiro atoms. The molecule has 5 rings (SSSR count). The van der Waals surface area contributed by atoms with Crippen molar-refractivity contribution in [3.05, 3.63) is 47.2 Å². The van der Waals surface area contributed by atoms with E-state index < -0.39 is 60.0 Å². The number of carbonyl (C=O) groups is 5. The zero-order valence-electron chi connectivity index (χ0n) is 31.0. The number of nitrogens with zero attached hydrogens (tertiary/aromatic N) is 2. The lowest BCUT2D eigenvalue weighted by Crippen LogP contribution is -2.61. The Morgan fingerprint density at radius 2 is 1.94 bits per heavy atom. The standard InChI is InChI=1S/C37H51N7O10/c1-5-22-9-11-26(51-4)31-30(22)37-14-13-21(3)24(37)10-12-27(32(37)54-31)53-36(50)44-17-16-43(35(49)52-6-2)20-23(44)19-41-33(48)25(8-7-15-40-34(38)39)42-28(45)18-29(46)47/h9,11-12,23-25,32H,3,5-8,10,13-20H2,1-2,4H3,(H,41,48)(H,42,45)(H,46,47)(H4,38,39,40)/t23?,24?,25-,32+,37-/m0/s1. The molecule has 2 fully saturated rings. The number of fused-ring (bicyclic) bond motifs is 1. The minimum Gasteiger partial charge on any atom is -0.493 e. The van der Waals surface area contributed by atoms with Crippen LogP contribution in [0, 0.1) is 11.3 Å². The van der Waals surface area contributed by atoms with Gasteiger partial charge < -0.3 is 50.6 Å². The molecule has 2 aliphatic carbocycles. The molecule has 4 amide bonds. The van der Waals surface area contributed by atoms with Gasteiger partial charge in [-0.05, 0) is 69.1 Å². The van der Waals surface area contributed by atoms with Crippen LogP contribution in [0.25, 0.3) is 0 Å². The van der Waals surface area contributed by atoms with Crippen LogP contribution in [0.3, 0.4) is 0 Å². The lowest BCUT2D eigenvalue weighted by molar-refractivity contribution is -0.141. The van der Waals surface area contributed by atoms with E-state index in [9.17, 15) is 24.0 Å². The van der Waals surface area contributed by atoms with Crippen LogP contribution >= 0.6 is 0 Å². The second-order valence-corrected chi connectivity index (χ2v) is 13.9. The predicted molar refractivity (Wildman–Crippen MR) is 195 cm³/mol. The van der Waals surface area contributed by atoms with Gasteiger partial charge in [-0.15, -0.1) is 0 Å². The van der Waals surface area contributed by atoms with Gasteiger partial charge in [-0.1, -0.05) is 25.1 Å². The van der Waals surface area contributed by atoms with Crippen molar-refractivity contribution in [2.24, 2.45) is 11.7 Å². The van der Waals surface area contributed by atoms with Crippen LogP contribution in [0.4, 0.5) is 9.59 Å². The fourth-order valence-corrected chi connectivity index (χ4v) is 8.19. The fraction of sp³-hybridized carbons (Fsp3) is 0.568. The number of allylic oxidation sites excluding steroid dienone is 2. The third-order valence-corrected chi connectivity index (χ3v) is 10.7. The number of rotatable bonds is 14. The van der Waals surface area contributed by atoms with Crippen molar-refractivity contribution in [1.29, 1.82) is 5.41 Å². The minimum absolute atomic E-state index is 0.0140. The molecule has 17 nitrogen and oxygen atoms in total. The molecule has 54 heavy (non-hydrogen) atoms. The first kappa shape index (κ1) is 39.7. The summed E-state index contributed by atoms with van der Waals surface area (Å²) in [5.41, 5.74) is 8.18. The smallest absolute Gasteiger partial charge is 0.415 e. The largest absolute Gasteiger partial charge is 0.493 e. The number of guanidine groups is 1. The van der Waals surface area contributed by atoms with Crippen LogP contribution in [-0.4, -0.2) is 115 Å². The molecular formula is C37H51N7O10. The van der Waals surface area contributed by atoms with Crippen LogP contribution in [-0.2, 0) is 35.7 Å². The average molecular weight is 754 g/mol. The Bertz CT molecular complexity index is 1700. The predicted octanol–water partition coefficient (Wildman–Crippen LogP) is 2.13. The molecule has 5 atom stereocenters. The highest BCUT2D eigenvalue weighted by molar-refractivity contribution is 5.96. The van der Waals surface area contributed by atoms with Crippen LogP contribution in [0.2, 0.25) is 0 Å². The number of benzene rings is 1. The number of hydrogen-bond acceptors (Lipinski definition) is 10. The fourth-order valence-electron chi connectivity index (χ4n) is 8.19. The van der Waals surface area contributed by atoms with Gasteiger partial charge in [0.1, 0.15) is 18.2 Å². The third-order valence-electron chi connectivity index (χ3n) is 10.7. The van der Waals surface area contributed by atoms with Crippen molar-refractivity contribution in [1.82, 2.24) is 25.8 Å². The van der Waals surface area contributed by atoms with Gasteiger partial charge in [0, 0.05) is 38.3 Å². The van der Waals surface area contributed by atoms with Crippen LogP contribution < -0.4 is 31.2 Å². The van der Waals surface area contributed by atoms with Crippen LogP contribution in [0.15, 0.2) is 36.1 Å². The van der Waals surface area contributed by atoms with E-state index in [1.807, 2.05) is 12.1 Å². The lowest BCUT2D eigenvalue weighted by Gasteiger charge is -2.42. The van der Waals surface area contributed by atoms with Gasteiger partial charge in [0.25, 0.3) is 0 Å². The molecule has 2 unspecified atom stereocenters. The number of methoxy groups -OCH3 is 1. The molecule has 1 saturated heterocycles. The van der Waals surface area contributed by atoms with E-state index in [2.05, 4.69) is 35.5 Å². The molecule has 7 N–H and O–H groups in total. The molecule has 294 valence electrons. The van der Waals surface area contributed by atoms with E-state index >= 15 is 0 Å². The van der Waals surface area contributed by atoms with Gasteiger partial charge in [-0.2, -0.15) is 0 Å². The third kappa shape index (κ3) is 8.19. The minimum atomic E-state index is -1.36. The highest BCUT2D eigenvalue weighted by atomic mass is 16.6. The van der Waals surface area contributed by atoms with Crippen molar-refractivity contribution >= 4 is 35.9 Å². The summed E-state index contributed by atoms with van der Waals surface area (Å²) in [6.07, 6.45) is 2.57. The van der Waals surface area contributed by atoms with Crippen molar-refractivity contribution in [2.45, 2.75) is 82.4 Å². The summed E-state index contributed by atoms with van der Waals surface area (Å²) in [5.74, 6) is -1.38. The second kappa shape index (κ2) is 17.1. The van der Waals surface area contributed by atoms with Gasteiger partial charge in [-0.3, -0.25) is 24.7 Å². The van der Waals surface area contributed by atoms with Crippen molar-refractivity contribution in [2.75, 3.05) is 46.4 Å². The van der Waals surface area contributed by atoms with E-state index in [1.165, 1.54) is 9.80 Å². The van der Waals surface area contributed by atoms with Gasteiger partial charge in [0.15, 0.2) is 23.6 Å². The molecule has 0 bridgehead atoms. The average Bonchev–Trinajstić information content (AvgIpc) is 3.67. The normalized spacial score (nSPS) is 23.1. The van der Waals surface area contributed by atoms with Crippen molar-refractivity contribution in [3.63, 3.8) is 0 Å². The summed E-state index contributed by atoms with van der Waals surface area (Å²) in [5, 5.41) is 24.2. The zero-order chi connectivity index (χ0) is 39.2. The Hall–Kier alpha value is -5.48. The monoisotopic (exact) mass is 753 g/mol. The van der Waals surface area contributed by atoms with E-state index in [0.717, 1.165) is 36.0 Å². The molecule has 1 aromatic carbocycles. The van der Waals surface area contributed by atoms with Gasteiger partial charge in [0.2, 0.25) is 11.8 Å². The molecule has 2 aliphatic heterocycles. The number of hydrogen-bond donors (Lipinski definition) is 6. The number of aryl methyl sites for hydroxylation is 1. The number of aliphatic carboxylic acids is 1. The maximum atomic E-state index is 14.2. The van der Waals surface area contributed by atoms with Gasteiger partial charge in [0.05, 0.1) is 25.2 Å². The molecule has 1 aromatic rings. The Morgan fingerprint density at radius 1 is 1.17 bits per heavy atom. The van der Waals surface area contributed by atoms with E-state index in [-0.39, 0.29) is 57.6 Å². The first-order valence-corrected chi connectivity index (χ1v) is 18.4. The first-order chi connectivity index (χ1) is 25.8. The Labute approximate surface area is 314 Å². The summed E-state index contributed by atoms with van der Waals surface area (Å²) in [7, 11) is 1.60. The van der Waals surface area contributed by atoms with Crippen LogP contribution in [0.1, 0.15) is 63.5 Å². The quantitative estimate of drug-likeness (QED) is 0.0527. The number of amides is 4. The number of ether oxygens (including phenoxy) is 4. The topological polar surface area (TPSA) is 235 Å². The molecule has 4 aliphatic rings. The highest BCUT2D eigenvalue weighted by Crippen LogP contribution is 2.64. The number of piperazine rings is 1. The molecule has 2 heterocycles. The summed E-state index contributed by atoms with van der Waals surface area (Å²) >= 11 is 0. The van der Waals surface area contributed by atoms with Gasteiger partial charge in [-0.25, -0.2) is 9.59 Å². The molecule has 17 heteroatoms. The van der Waals surface area contributed by atoms with Crippen molar-refractivity contribution < 1.29 is 48.0 Å². The number of carbonyl (C=O) groups excluding carboxylic acids is 4.